The van der Waals surface area contributed by atoms with Crippen molar-refractivity contribution in [2.75, 3.05) is 7.11 Å². The second-order valence-corrected chi connectivity index (χ2v) is 4.55. The standard InChI is InChI=1S/C15H14FNO2S/c1-18-11-7-6-10(13(16)8-11)9-19-14-5-3-2-4-12(14)15(17)20/h2-8H,9H2,1H3,(H2,17,20). The number of nitrogens with two attached hydrogens (primary N) is 1. The minimum Gasteiger partial charge on any atom is -0.497 e. The van der Waals surface area contributed by atoms with Crippen LogP contribution in [-0.2, 0) is 6.61 Å². The van der Waals surface area contributed by atoms with Gasteiger partial charge >= 0.3 is 0 Å². The molecule has 0 saturated heterocycles. The molecule has 0 amide bonds. The van der Waals surface area contributed by atoms with Crippen LogP contribution in [0.1, 0.15) is 11.1 Å². The van der Waals surface area contributed by atoms with Crippen molar-refractivity contribution in [3.63, 3.8) is 0 Å². The fraction of sp³-hybridized carbons (Fsp3) is 0.133. The normalized spacial score (nSPS) is 10.1. The van der Waals surface area contributed by atoms with Gasteiger partial charge in [0.1, 0.15) is 28.9 Å². The van der Waals surface area contributed by atoms with Crippen LogP contribution >= 0.6 is 12.2 Å². The molecule has 20 heavy (non-hydrogen) atoms. The number of hydrogen-bond acceptors (Lipinski definition) is 3. The maximum Gasteiger partial charge on any atom is 0.133 e. The number of methoxy groups -OCH3 is 1. The predicted octanol–water partition coefficient (Wildman–Crippen LogP) is 3.05. The van der Waals surface area contributed by atoms with Gasteiger partial charge in [0, 0.05) is 11.6 Å². The van der Waals surface area contributed by atoms with Gasteiger partial charge < -0.3 is 15.2 Å². The van der Waals surface area contributed by atoms with Crippen LogP contribution in [0.3, 0.4) is 0 Å². The number of thiocarbonyl (C=S) groups is 1. The van der Waals surface area contributed by atoms with E-state index in [2.05, 4.69) is 0 Å². The zero-order chi connectivity index (χ0) is 14.5. The number of rotatable bonds is 5. The molecule has 0 aromatic heterocycles. The first-order valence-electron chi connectivity index (χ1n) is 5.96. The third kappa shape index (κ3) is 3.24. The Morgan fingerprint density at radius 1 is 1.25 bits per heavy atom. The zero-order valence-electron chi connectivity index (χ0n) is 10.9. The second kappa shape index (κ2) is 6.34. The van der Waals surface area contributed by atoms with Crippen molar-refractivity contribution in [1.82, 2.24) is 0 Å². The van der Waals surface area contributed by atoms with Crippen molar-refractivity contribution in [2.24, 2.45) is 5.73 Å². The van der Waals surface area contributed by atoms with E-state index < -0.39 is 0 Å². The van der Waals surface area contributed by atoms with E-state index in [4.69, 9.17) is 27.4 Å². The van der Waals surface area contributed by atoms with Gasteiger partial charge in [0.2, 0.25) is 0 Å². The number of ether oxygens (including phenoxy) is 2. The molecule has 2 aromatic rings. The third-order valence-electron chi connectivity index (χ3n) is 2.80. The average Bonchev–Trinajstić information content (AvgIpc) is 2.46. The second-order valence-electron chi connectivity index (χ2n) is 4.11. The number of halogens is 1. The van der Waals surface area contributed by atoms with E-state index in [1.54, 1.807) is 24.3 Å². The SMILES string of the molecule is COc1ccc(COc2ccccc2C(N)=S)c(F)c1. The lowest BCUT2D eigenvalue weighted by Crippen LogP contribution is -2.11. The molecule has 0 heterocycles. The Morgan fingerprint density at radius 2 is 2.00 bits per heavy atom. The molecule has 2 aromatic carbocycles. The number of benzene rings is 2. The number of para-hydroxylation sites is 1. The van der Waals surface area contributed by atoms with Crippen LogP contribution in [0.5, 0.6) is 11.5 Å². The van der Waals surface area contributed by atoms with Crippen LogP contribution in [0.25, 0.3) is 0 Å². The Balaban J connectivity index is 2.15. The largest absolute Gasteiger partial charge is 0.497 e. The van der Waals surface area contributed by atoms with E-state index in [9.17, 15) is 4.39 Å². The highest BCUT2D eigenvalue weighted by atomic mass is 32.1. The highest BCUT2D eigenvalue weighted by Gasteiger charge is 2.08. The first-order chi connectivity index (χ1) is 9.61. The van der Waals surface area contributed by atoms with E-state index in [0.29, 0.717) is 22.6 Å². The highest BCUT2D eigenvalue weighted by molar-refractivity contribution is 7.80. The van der Waals surface area contributed by atoms with Crippen molar-refractivity contribution in [2.45, 2.75) is 6.61 Å². The van der Waals surface area contributed by atoms with E-state index in [0.717, 1.165) is 0 Å². The molecule has 0 unspecified atom stereocenters. The average molecular weight is 291 g/mol. The van der Waals surface area contributed by atoms with Crippen LogP contribution in [0, 0.1) is 5.82 Å². The minimum atomic E-state index is -0.378. The summed E-state index contributed by atoms with van der Waals surface area (Å²) in [7, 11) is 1.49. The van der Waals surface area contributed by atoms with Gasteiger partial charge in [-0.05, 0) is 24.3 Å². The summed E-state index contributed by atoms with van der Waals surface area (Å²) in [4.78, 5) is 0.246. The molecule has 2 rings (SSSR count). The lowest BCUT2D eigenvalue weighted by Gasteiger charge is -2.11. The van der Waals surface area contributed by atoms with Crippen molar-refractivity contribution in [1.29, 1.82) is 0 Å². The molecule has 0 aliphatic rings. The minimum absolute atomic E-state index is 0.0927. The molecule has 0 aliphatic heterocycles. The van der Waals surface area contributed by atoms with Gasteiger partial charge in [-0.15, -0.1) is 0 Å². The first kappa shape index (κ1) is 14.3. The first-order valence-corrected chi connectivity index (χ1v) is 6.36. The summed E-state index contributed by atoms with van der Waals surface area (Å²) in [5.74, 6) is 0.627. The van der Waals surface area contributed by atoms with Crippen LogP contribution in [0.4, 0.5) is 4.39 Å². The molecular weight excluding hydrogens is 277 g/mol. The Morgan fingerprint density at radius 3 is 2.65 bits per heavy atom. The van der Waals surface area contributed by atoms with Gasteiger partial charge in [0.15, 0.2) is 0 Å². The van der Waals surface area contributed by atoms with Gasteiger partial charge in [-0.25, -0.2) is 4.39 Å². The molecule has 0 fully saturated rings. The van der Waals surface area contributed by atoms with Crippen LogP contribution in [0.15, 0.2) is 42.5 Å². The molecule has 0 aliphatic carbocycles. The fourth-order valence-corrected chi connectivity index (χ4v) is 1.89. The van der Waals surface area contributed by atoms with Crippen molar-refractivity contribution in [3.05, 3.63) is 59.4 Å². The summed E-state index contributed by atoms with van der Waals surface area (Å²) in [5, 5.41) is 0. The van der Waals surface area contributed by atoms with Gasteiger partial charge in [-0.1, -0.05) is 24.4 Å². The van der Waals surface area contributed by atoms with Gasteiger partial charge in [-0.2, -0.15) is 0 Å². The van der Waals surface area contributed by atoms with Crippen molar-refractivity contribution >= 4 is 17.2 Å². The molecular formula is C15H14FNO2S. The molecule has 0 spiro atoms. The Labute approximate surface area is 122 Å². The number of hydrogen-bond donors (Lipinski definition) is 1. The van der Waals surface area contributed by atoms with Crippen LogP contribution in [-0.4, -0.2) is 12.1 Å². The highest BCUT2D eigenvalue weighted by Crippen LogP contribution is 2.21. The van der Waals surface area contributed by atoms with Gasteiger partial charge in [0.25, 0.3) is 0 Å². The molecule has 0 saturated carbocycles. The summed E-state index contributed by atoms with van der Waals surface area (Å²) in [6, 6.07) is 11.8. The molecule has 5 heteroatoms. The van der Waals surface area contributed by atoms with Gasteiger partial charge in [-0.3, -0.25) is 0 Å². The molecule has 0 radical (unpaired) electrons. The third-order valence-corrected chi connectivity index (χ3v) is 3.02. The van der Waals surface area contributed by atoms with Crippen LogP contribution < -0.4 is 15.2 Å². The quantitative estimate of drug-likeness (QED) is 0.860. The maximum atomic E-state index is 13.8. The Hall–Kier alpha value is -2.14. The smallest absolute Gasteiger partial charge is 0.133 e. The zero-order valence-corrected chi connectivity index (χ0v) is 11.7. The Bertz CT molecular complexity index is 631. The summed E-state index contributed by atoms with van der Waals surface area (Å²) in [6.45, 7) is 0.0927. The molecule has 104 valence electrons. The van der Waals surface area contributed by atoms with Gasteiger partial charge in [0.05, 0.1) is 12.7 Å². The molecule has 2 N–H and O–H groups in total. The summed E-state index contributed by atoms with van der Waals surface area (Å²) in [5.41, 5.74) is 6.68. The van der Waals surface area contributed by atoms with Crippen molar-refractivity contribution in [3.8, 4) is 11.5 Å². The van der Waals surface area contributed by atoms with E-state index in [1.165, 1.54) is 13.2 Å². The lowest BCUT2D eigenvalue weighted by molar-refractivity contribution is 0.298. The predicted molar refractivity (Wildman–Crippen MR) is 79.6 cm³/mol. The maximum absolute atomic E-state index is 13.8. The summed E-state index contributed by atoms with van der Waals surface area (Å²) in [6.07, 6.45) is 0. The van der Waals surface area contributed by atoms with E-state index >= 15 is 0 Å². The monoisotopic (exact) mass is 291 g/mol. The molecule has 3 nitrogen and oxygen atoms in total. The van der Waals surface area contributed by atoms with E-state index in [1.807, 2.05) is 12.1 Å². The topological polar surface area (TPSA) is 44.5 Å². The fourth-order valence-electron chi connectivity index (χ4n) is 1.72. The lowest BCUT2D eigenvalue weighted by atomic mass is 10.2. The van der Waals surface area contributed by atoms with Crippen molar-refractivity contribution < 1.29 is 13.9 Å². The summed E-state index contributed by atoms with van der Waals surface area (Å²) < 4.78 is 24.3. The Kier molecular flexibility index (Phi) is 4.53. The van der Waals surface area contributed by atoms with E-state index in [-0.39, 0.29) is 17.4 Å². The molecule has 0 bridgehead atoms. The molecule has 0 atom stereocenters. The summed E-state index contributed by atoms with van der Waals surface area (Å²) >= 11 is 4.95. The van der Waals surface area contributed by atoms with Crippen LogP contribution in [0.2, 0.25) is 0 Å².